The molecule has 4 heteroatoms. The summed E-state index contributed by atoms with van der Waals surface area (Å²) < 4.78 is 5.45. The van der Waals surface area contributed by atoms with Gasteiger partial charge in [0.25, 0.3) is 0 Å². The van der Waals surface area contributed by atoms with E-state index < -0.39 is 0 Å². The van der Waals surface area contributed by atoms with E-state index in [4.69, 9.17) is 4.74 Å². The fraction of sp³-hybridized carbons (Fsp3) is 0.909. The predicted octanol–water partition coefficient (Wildman–Crippen LogP) is 1.31. The highest BCUT2D eigenvalue weighted by Gasteiger charge is 2.24. The van der Waals surface area contributed by atoms with Gasteiger partial charge in [-0.05, 0) is 32.7 Å². The third-order valence-corrected chi connectivity index (χ3v) is 3.33. The Morgan fingerprint density at radius 3 is 2.33 bits per heavy atom. The number of ether oxygens (including phenoxy) is 1. The summed E-state index contributed by atoms with van der Waals surface area (Å²) in [6.45, 7) is 3.53. The van der Waals surface area contributed by atoms with Crippen molar-refractivity contribution in [1.82, 2.24) is 9.80 Å². The highest BCUT2D eigenvalue weighted by atomic mass is 16.6. The zero-order chi connectivity index (χ0) is 10.7. The van der Waals surface area contributed by atoms with Crippen LogP contribution in [0, 0.1) is 0 Å². The van der Waals surface area contributed by atoms with Gasteiger partial charge in [0, 0.05) is 26.2 Å². The van der Waals surface area contributed by atoms with Crippen molar-refractivity contribution >= 4 is 6.09 Å². The molecule has 2 aliphatic rings. The summed E-state index contributed by atoms with van der Waals surface area (Å²) in [5, 5.41) is 0. The van der Waals surface area contributed by atoms with Crippen LogP contribution < -0.4 is 0 Å². The van der Waals surface area contributed by atoms with Crippen LogP contribution >= 0.6 is 0 Å². The van der Waals surface area contributed by atoms with Crippen molar-refractivity contribution in [3.05, 3.63) is 0 Å². The van der Waals surface area contributed by atoms with Gasteiger partial charge in [-0.25, -0.2) is 4.79 Å². The van der Waals surface area contributed by atoms with Gasteiger partial charge in [0.05, 0.1) is 0 Å². The number of rotatable bonds is 1. The van der Waals surface area contributed by atoms with Gasteiger partial charge in [-0.2, -0.15) is 0 Å². The highest BCUT2D eigenvalue weighted by Crippen LogP contribution is 2.21. The summed E-state index contributed by atoms with van der Waals surface area (Å²) in [5.74, 6) is 0. The van der Waals surface area contributed by atoms with E-state index >= 15 is 0 Å². The SMILES string of the molecule is CN1CCN(C(=O)OC2CCCC2)CC1. The Morgan fingerprint density at radius 1 is 1.13 bits per heavy atom. The van der Waals surface area contributed by atoms with Crippen molar-refractivity contribution in [2.75, 3.05) is 33.2 Å². The monoisotopic (exact) mass is 212 g/mol. The molecule has 0 radical (unpaired) electrons. The van der Waals surface area contributed by atoms with Crippen molar-refractivity contribution in [1.29, 1.82) is 0 Å². The third-order valence-electron chi connectivity index (χ3n) is 3.33. The first-order valence-corrected chi connectivity index (χ1v) is 5.90. The second kappa shape index (κ2) is 4.84. The Kier molecular flexibility index (Phi) is 3.46. The summed E-state index contributed by atoms with van der Waals surface area (Å²) in [6, 6.07) is 0. The second-order valence-corrected chi connectivity index (χ2v) is 4.58. The van der Waals surface area contributed by atoms with Crippen molar-refractivity contribution < 1.29 is 9.53 Å². The first-order chi connectivity index (χ1) is 7.25. The second-order valence-electron chi connectivity index (χ2n) is 4.58. The molecule has 1 aliphatic carbocycles. The molecule has 1 aliphatic heterocycles. The van der Waals surface area contributed by atoms with Crippen LogP contribution in [0.4, 0.5) is 4.79 Å². The molecule has 0 aromatic carbocycles. The summed E-state index contributed by atoms with van der Waals surface area (Å²) >= 11 is 0. The molecule has 1 heterocycles. The van der Waals surface area contributed by atoms with Gasteiger partial charge in [-0.15, -0.1) is 0 Å². The lowest BCUT2D eigenvalue weighted by molar-refractivity contribution is 0.0517. The first-order valence-electron chi connectivity index (χ1n) is 5.90. The first kappa shape index (κ1) is 10.7. The molecule has 15 heavy (non-hydrogen) atoms. The lowest BCUT2D eigenvalue weighted by Gasteiger charge is -2.32. The average molecular weight is 212 g/mol. The van der Waals surface area contributed by atoms with E-state index in [0.29, 0.717) is 0 Å². The van der Waals surface area contributed by atoms with Crippen LogP contribution in [0.25, 0.3) is 0 Å². The molecule has 1 saturated heterocycles. The van der Waals surface area contributed by atoms with Crippen LogP contribution in [-0.2, 0) is 4.74 Å². The summed E-state index contributed by atoms with van der Waals surface area (Å²) in [7, 11) is 2.08. The number of likely N-dealkylation sites (N-methyl/N-ethyl adjacent to an activating group) is 1. The molecule has 0 aromatic heterocycles. The highest BCUT2D eigenvalue weighted by molar-refractivity contribution is 5.68. The normalized spacial score (nSPS) is 24.5. The van der Waals surface area contributed by atoms with E-state index in [1.165, 1.54) is 12.8 Å². The Hall–Kier alpha value is -0.770. The minimum Gasteiger partial charge on any atom is -0.446 e. The van der Waals surface area contributed by atoms with Crippen LogP contribution in [0.1, 0.15) is 25.7 Å². The number of hydrogen-bond acceptors (Lipinski definition) is 3. The van der Waals surface area contributed by atoms with E-state index in [-0.39, 0.29) is 12.2 Å². The lowest BCUT2D eigenvalue weighted by atomic mass is 10.3. The standard InChI is InChI=1S/C11H20N2O2/c1-12-6-8-13(9-7-12)11(14)15-10-4-2-3-5-10/h10H,2-9H2,1H3. The Bertz CT molecular complexity index is 219. The topological polar surface area (TPSA) is 32.8 Å². The van der Waals surface area contributed by atoms with E-state index in [0.717, 1.165) is 39.0 Å². The Labute approximate surface area is 91.2 Å². The van der Waals surface area contributed by atoms with Crippen molar-refractivity contribution in [3.63, 3.8) is 0 Å². The van der Waals surface area contributed by atoms with Gasteiger partial charge in [0.2, 0.25) is 0 Å². The largest absolute Gasteiger partial charge is 0.446 e. The van der Waals surface area contributed by atoms with Crippen LogP contribution in [0.2, 0.25) is 0 Å². The maximum Gasteiger partial charge on any atom is 0.410 e. The van der Waals surface area contributed by atoms with E-state index in [2.05, 4.69) is 11.9 Å². The molecule has 2 fully saturated rings. The van der Waals surface area contributed by atoms with Gasteiger partial charge >= 0.3 is 6.09 Å². The number of amides is 1. The molecule has 4 nitrogen and oxygen atoms in total. The fourth-order valence-electron chi connectivity index (χ4n) is 2.21. The summed E-state index contributed by atoms with van der Waals surface area (Å²) in [6.07, 6.45) is 4.62. The van der Waals surface area contributed by atoms with E-state index in [1.54, 1.807) is 0 Å². The Balaban J connectivity index is 1.75. The van der Waals surface area contributed by atoms with Crippen LogP contribution in [0.5, 0.6) is 0 Å². The zero-order valence-electron chi connectivity index (χ0n) is 9.45. The fourth-order valence-corrected chi connectivity index (χ4v) is 2.21. The molecule has 0 bridgehead atoms. The minimum atomic E-state index is -0.102. The summed E-state index contributed by atoms with van der Waals surface area (Å²) in [5.41, 5.74) is 0. The average Bonchev–Trinajstić information content (AvgIpc) is 2.71. The summed E-state index contributed by atoms with van der Waals surface area (Å²) in [4.78, 5) is 15.8. The molecule has 1 amide bonds. The van der Waals surface area contributed by atoms with Crippen molar-refractivity contribution in [2.24, 2.45) is 0 Å². The molecular weight excluding hydrogens is 192 g/mol. The molecule has 1 saturated carbocycles. The molecule has 0 atom stereocenters. The third kappa shape index (κ3) is 2.84. The van der Waals surface area contributed by atoms with Gasteiger partial charge in [0.15, 0.2) is 0 Å². The maximum atomic E-state index is 11.7. The smallest absolute Gasteiger partial charge is 0.410 e. The molecule has 0 spiro atoms. The van der Waals surface area contributed by atoms with E-state index in [9.17, 15) is 4.79 Å². The van der Waals surface area contributed by atoms with Crippen LogP contribution in [0.15, 0.2) is 0 Å². The van der Waals surface area contributed by atoms with Gasteiger partial charge in [0.1, 0.15) is 6.10 Å². The Morgan fingerprint density at radius 2 is 1.73 bits per heavy atom. The molecule has 0 aromatic rings. The lowest BCUT2D eigenvalue weighted by Crippen LogP contribution is -2.47. The number of hydrogen-bond donors (Lipinski definition) is 0. The predicted molar refractivity (Wildman–Crippen MR) is 57.8 cm³/mol. The zero-order valence-corrected chi connectivity index (χ0v) is 9.45. The van der Waals surface area contributed by atoms with Gasteiger partial charge in [-0.1, -0.05) is 0 Å². The number of carbonyl (C=O) groups is 1. The number of nitrogens with zero attached hydrogens (tertiary/aromatic N) is 2. The maximum absolute atomic E-state index is 11.7. The minimum absolute atomic E-state index is 0.102. The van der Waals surface area contributed by atoms with E-state index in [1.807, 2.05) is 4.90 Å². The molecule has 0 unspecified atom stereocenters. The molecule has 2 rings (SSSR count). The van der Waals surface area contributed by atoms with Crippen LogP contribution in [0.3, 0.4) is 0 Å². The van der Waals surface area contributed by atoms with Gasteiger partial charge < -0.3 is 14.5 Å². The van der Waals surface area contributed by atoms with Crippen molar-refractivity contribution in [3.8, 4) is 0 Å². The molecule has 86 valence electrons. The van der Waals surface area contributed by atoms with Crippen molar-refractivity contribution in [2.45, 2.75) is 31.8 Å². The quantitative estimate of drug-likeness (QED) is 0.657. The van der Waals surface area contributed by atoms with Gasteiger partial charge in [-0.3, -0.25) is 0 Å². The number of piperazine rings is 1. The molecular formula is C11H20N2O2. The molecule has 0 N–H and O–H groups in total. The van der Waals surface area contributed by atoms with Crippen LogP contribution in [-0.4, -0.2) is 55.2 Å². The number of carbonyl (C=O) groups excluding carboxylic acids is 1.